The van der Waals surface area contributed by atoms with Crippen molar-refractivity contribution >= 4 is 47.0 Å². The molecule has 17 nitrogen and oxygen atoms in total. The van der Waals surface area contributed by atoms with Crippen LogP contribution in [-0.2, 0) is 19.2 Å². The topological polar surface area (TPSA) is 216 Å². The Kier molecular flexibility index (Phi) is 12.4. The largest absolute Gasteiger partial charge is 0.485 e. The lowest BCUT2D eigenvalue weighted by Crippen LogP contribution is -2.54. The molecule has 4 N–H and O–H groups in total. The summed E-state index contributed by atoms with van der Waals surface area (Å²) in [7, 11) is 1.82. The van der Waals surface area contributed by atoms with Crippen molar-refractivity contribution in [3.63, 3.8) is 0 Å². The fourth-order valence-corrected chi connectivity index (χ4v) is 8.72. The zero-order valence-corrected chi connectivity index (χ0v) is 34.8. The predicted octanol–water partition coefficient (Wildman–Crippen LogP) is 4.31. The molecule has 1 aromatic heterocycles. The number of ketones is 1. The molecule has 2 fully saturated rings. The van der Waals surface area contributed by atoms with Gasteiger partial charge in [-0.15, -0.1) is 0 Å². The van der Waals surface area contributed by atoms with Gasteiger partial charge in [0.15, 0.2) is 5.78 Å². The van der Waals surface area contributed by atoms with Crippen molar-refractivity contribution in [3.8, 4) is 28.5 Å². The molecular weight excluding hydrogens is 809 g/mol. The molecule has 2 saturated heterocycles. The number of anilines is 1. The van der Waals surface area contributed by atoms with Gasteiger partial charge >= 0.3 is 0 Å². The second kappa shape index (κ2) is 18.4. The number of piperidine rings is 2. The Morgan fingerprint density at radius 3 is 2.38 bits per heavy atom. The van der Waals surface area contributed by atoms with Crippen molar-refractivity contribution in [2.24, 2.45) is 11.7 Å². The maximum absolute atomic E-state index is 13.3. The van der Waals surface area contributed by atoms with Crippen molar-refractivity contribution in [1.29, 1.82) is 0 Å². The summed E-state index contributed by atoms with van der Waals surface area (Å²) in [4.78, 5) is 93.8. The molecule has 4 aromatic rings. The van der Waals surface area contributed by atoms with Crippen LogP contribution in [0.25, 0.3) is 11.3 Å². The SMILES string of the molecule is CN(/C=C/C(=O)N1CCC([C@@H]2CCNc3c(C(N)=O)c(-c4ccc(Oc5ccccc5)cc4)nn32)CC1)CCCC(=O)COc1cccc2c1C(=O)N(C1CCC(=O)NC1=O)C2=O. The van der Waals surface area contributed by atoms with Gasteiger partial charge in [0.2, 0.25) is 17.7 Å². The molecule has 326 valence electrons. The van der Waals surface area contributed by atoms with E-state index in [0.29, 0.717) is 55.4 Å². The number of nitrogens with two attached hydrogens (primary N) is 1. The predicted molar refractivity (Wildman–Crippen MR) is 229 cm³/mol. The molecule has 0 aliphatic carbocycles. The van der Waals surface area contributed by atoms with E-state index in [-0.39, 0.29) is 66.4 Å². The molecule has 5 heterocycles. The first-order chi connectivity index (χ1) is 30.5. The third-order valence-electron chi connectivity index (χ3n) is 12.0. The van der Waals surface area contributed by atoms with Crippen molar-refractivity contribution in [2.45, 2.75) is 57.0 Å². The molecule has 0 spiro atoms. The summed E-state index contributed by atoms with van der Waals surface area (Å²) in [5, 5.41) is 10.5. The fraction of sp³-hybridized carbons (Fsp3) is 0.348. The summed E-state index contributed by atoms with van der Waals surface area (Å²) in [6.07, 6.45) is 6.29. The zero-order valence-electron chi connectivity index (χ0n) is 34.8. The van der Waals surface area contributed by atoms with Gasteiger partial charge in [-0.1, -0.05) is 24.3 Å². The number of ether oxygens (including phenoxy) is 2. The van der Waals surface area contributed by atoms with Gasteiger partial charge in [-0.05, 0) is 86.6 Å². The quantitative estimate of drug-likeness (QED) is 0.113. The molecule has 4 aliphatic heterocycles. The van der Waals surface area contributed by atoms with E-state index in [1.807, 2.05) is 76.1 Å². The Morgan fingerprint density at radius 1 is 0.905 bits per heavy atom. The van der Waals surface area contributed by atoms with Crippen molar-refractivity contribution < 1.29 is 43.0 Å². The van der Waals surface area contributed by atoms with E-state index in [0.717, 1.165) is 35.5 Å². The number of carbonyl (C=O) groups excluding carboxylic acids is 7. The number of rotatable bonds is 15. The van der Waals surface area contributed by atoms with Crippen LogP contribution in [-0.4, -0.2) is 112 Å². The number of nitrogens with zero attached hydrogens (tertiary/aromatic N) is 5. The minimum atomic E-state index is -1.11. The second-order valence-corrected chi connectivity index (χ2v) is 16.1. The highest BCUT2D eigenvalue weighted by molar-refractivity contribution is 6.24. The molecule has 63 heavy (non-hydrogen) atoms. The lowest BCUT2D eigenvalue weighted by Gasteiger charge is -2.38. The number of fused-ring (bicyclic) bond motifs is 2. The van der Waals surface area contributed by atoms with Crippen LogP contribution in [0.5, 0.6) is 17.2 Å². The summed E-state index contributed by atoms with van der Waals surface area (Å²) in [6, 6.07) is 20.3. The zero-order chi connectivity index (χ0) is 44.2. The van der Waals surface area contributed by atoms with E-state index < -0.39 is 35.6 Å². The van der Waals surface area contributed by atoms with Crippen molar-refractivity contribution in [1.82, 2.24) is 29.8 Å². The number of likely N-dealkylation sites (tertiary alicyclic amines) is 1. The number of imide groups is 2. The lowest BCUT2D eigenvalue weighted by atomic mass is 9.87. The maximum Gasteiger partial charge on any atom is 0.266 e. The van der Waals surface area contributed by atoms with Crippen LogP contribution >= 0.6 is 0 Å². The van der Waals surface area contributed by atoms with Crippen LogP contribution in [0.15, 0.2) is 85.1 Å². The molecular formula is C46H48N8O9. The first-order valence-corrected chi connectivity index (χ1v) is 21.1. The average molecular weight is 857 g/mol. The van der Waals surface area contributed by atoms with E-state index in [9.17, 15) is 33.6 Å². The minimum Gasteiger partial charge on any atom is -0.485 e. The summed E-state index contributed by atoms with van der Waals surface area (Å²) in [5.74, 6) is -1.14. The lowest BCUT2D eigenvalue weighted by molar-refractivity contribution is -0.136. The number of amides is 6. The minimum absolute atomic E-state index is 0.00488. The Labute approximate surface area is 363 Å². The highest BCUT2D eigenvalue weighted by Gasteiger charge is 2.46. The molecule has 3 aromatic carbocycles. The molecule has 4 aliphatic rings. The summed E-state index contributed by atoms with van der Waals surface area (Å²) in [5.41, 5.74) is 7.60. The Morgan fingerprint density at radius 2 is 1.65 bits per heavy atom. The van der Waals surface area contributed by atoms with Crippen LogP contribution < -0.4 is 25.8 Å². The number of hydrogen-bond acceptors (Lipinski definition) is 12. The van der Waals surface area contributed by atoms with Gasteiger partial charge in [-0.25, -0.2) is 4.68 Å². The van der Waals surface area contributed by atoms with Crippen LogP contribution in [0.3, 0.4) is 0 Å². The van der Waals surface area contributed by atoms with Gasteiger partial charge in [0, 0.05) is 63.9 Å². The summed E-state index contributed by atoms with van der Waals surface area (Å²) >= 11 is 0. The van der Waals surface area contributed by atoms with Gasteiger partial charge in [0.25, 0.3) is 17.7 Å². The standard InChI is InChI=1S/C46H48N8O9/c1-51(23-6-7-30(55)27-62-36-11-5-10-33-39(36)46(61)53(45(33)60)35-16-17-37(56)49-44(35)59)24-21-38(57)52-25-19-28(20-26-52)34-18-22-48-43-40(42(47)58)41(50-54(34)43)29-12-14-32(15-13-29)63-31-8-3-2-4-9-31/h2-5,8-15,21,24,28,34-35,48H,6-7,16-20,22-23,25-27H2,1H3,(H2,47,58)(H,49,56,59)/b24-21+/t34-,35?/m0/s1. The van der Waals surface area contributed by atoms with Crippen LogP contribution in [0.2, 0.25) is 0 Å². The normalized spacial score (nSPS) is 18.7. The molecule has 6 amide bonds. The Hall–Kier alpha value is -7.30. The van der Waals surface area contributed by atoms with Crippen LogP contribution in [0.4, 0.5) is 5.82 Å². The summed E-state index contributed by atoms with van der Waals surface area (Å²) < 4.78 is 13.6. The van der Waals surface area contributed by atoms with Gasteiger partial charge in [0.1, 0.15) is 47.0 Å². The van der Waals surface area contributed by atoms with E-state index in [1.165, 1.54) is 24.3 Å². The molecule has 17 heteroatoms. The maximum atomic E-state index is 13.3. The third kappa shape index (κ3) is 9.03. The van der Waals surface area contributed by atoms with E-state index in [1.54, 1.807) is 6.20 Å². The van der Waals surface area contributed by atoms with Crippen molar-refractivity contribution in [3.05, 3.63) is 102 Å². The number of hydrogen-bond donors (Lipinski definition) is 3. The molecule has 0 saturated carbocycles. The molecule has 0 radical (unpaired) electrons. The molecule has 2 atom stereocenters. The highest BCUT2D eigenvalue weighted by atomic mass is 16.5. The smallest absolute Gasteiger partial charge is 0.266 e. The summed E-state index contributed by atoms with van der Waals surface area (Å²) in [6.45, 7) is 1.98. The van der Waals surface area contributed by atoms with E-state index >= 15 is 0 Å². The van der Waals surface area contributed by atoms with Gasteiger partial charge in [-0.2, -0.15) is 5.10 Å². The van der Waals surface area contributed by atoms with Crippen LogP contribution in [0, 0.1) is 5.92 Å². The number of aromatic nitrogens is 2. The van der Waals surface area contributed by atoms with Gasteiger partial charge < -0.3 is 30.3 Å². The van der Waals surface area contributed by atoms with E-state index in [2.05, 4.69) is 10.6 Å². The first kappa shape index (κ1) is 42.4. The van der Waals surface area contributed by atoms with Crippen LogP contribution in [0.1, 0.15) is 82.1 Å². The highest BCUT2D eigenvalue weighted by Crippen LogP contribution is 2.40. The number of primary amides is 1. The second-order valence-electron chi connectivity index (χ2n) is 16.1. The third-order valence-corrected chi connectivity index (χ3v) is 12.0. The van der Waals surface area contributed by atoms with Gasteiger partial charge in [-0.3, -0.25) is 43.8 Å². The number of nitrogens with one attached hydrogen (secondary N) is 2. The first-order valence-electron chi connectivity index (χ1n) is 21.1. The van der Waals surface area contributed by atoms with Crippen molar-refractivity contribution in [2.75, 3.05) is 45.2 Å². The number of Topliss-reactive ketones (excluding diaryl/α,β-unsaturated/α-hetero) is 1. The molecule has 1 unspecified atom stereocenters. The Bertz CT molecular complexity index is 2480. The monoisotopic (exact) mass is 856 g/mol. The van der Waals surface area contributed by atoms with Gasteiger partial charge in [0.05, 0.1) is 17.2 Å². The fourth-order valence-electron chi connectivity index (χ4n) is 8.72. The Balaban J connectivity index is 0.795. The van der Waals surface area contributed by atoms with E-state index in [4.69, 9.17) is 20.3 Å². The molecule has 0 bridgehead atoms. The number of benzene rings is 3. The number of para-hydroxylation sites is 1. The molecule has 8 rings (SSSR count). The average Bonchev–Trinajstić information content (AvgIpc) is 3.80. The number of carbonyl (C=O) groups is 7.